The lowest BCUT2D eigenvalue weighted by atomic mass is 10.0. The molecule has 0 aliphatic carbocycles. The fourth-order valence-corrected chi connectivity index (χ4v) is 3.34. The summed E-state index contributed by atoms with van der Waals surface area (Å²) in [5.74, 6) is -18.0. The van der Waals surface area contributed by atoms with E-state index in [0.717, 1.165) is 19.1 Å². The Morgan fingerprint density at radius 2 is 1.55 bits per heavy atom. The Balaban J connectivity index is 1.80. The largest absolute Gasteiger partial charge is 0.497 e. The number of benzene rings is 2. The molecule has 204 valence electrons. The molecular weight excluding hydrogens is 522 g/mol. The van der Waals surface area contributed by atoms with Gasteiger partial charge < -0.3 is 18.6 Å². The Bertz CT molecular complexity index is 1430. The molecule has 0 aliphatic heterocycles. The number of ether oxygens (including phenoxy) is 3. The van der Waals surface area contributed by atoms with Crippen LogP contribution in [0.1, 0.15) is 12.5 Å². The number of halogens is 6. The van der Waals surface area contributed by atoms with Crippen LogP contribution in [0, 0.1) is 6.92 Å². The van der Waals surface area contributed by atoms with Crippen LogP contribution in [0.5, 0.6) is 11.5 Å². The number of carbonyl (C=O) groups excluding carboxylic acids is 1. The second-order valence-electron chi connectivity index (χ2n) is 8.46. The van der Waals surface area contributed by atoms with Crippen LogP contribution in [0.3, 0.4) is 0 Å². The molecule has 0 spiro atoms. The van der Waals surface area contributed by atoms with Crippen molar-refractivity contribution in [1.82, 2.24) is 0 Å². The van der Waals surface area contributed by atoms with Gasteiger partial charge in [-0.05, 0) is 55.3 Å². The van der Waals surface area contributed by atoms with Crippen molar-refractivity contribution in [1.29, 1.82) is 0 Å². The second kappa shape index (κ2) is 10.4. The number of rotatable bonds is 10. The van der Waals surface area contributed by atoms with E-state index in [1.165, 1.54) is 19.2 Å². The number of carbonyl (C=O) groups is 1. The van der Waals surface area contributed by atoms with Crippen LogP contribution in [0.15, 0.2) is 63.8 Å². The van der Waals surface area contributed by atoms with Gasteiger partial charge in [-0.1, -0.05) is 12.6 Å². The topological polar surface area (TPSA) is 75.0 Å². The highest BCUT2D eigenvalue weighted by atomic mass is 19.3. The summed E-state index contributed by atoms with van der Waals surface area (Å²) in [5, 5.41) is 0.352. The van der Waals surface area contributed by atoms with Crippen molar-refractivity contribution < 1.29 is 49.8 Å². The third kappa shape index (κ3) is 5.63. The number of esters is 1. The minimum Gasteiger partial charge on any atom is -0.497 e. The molecule has 0 amide bonds. The Labute approximate surface area is 212 Å². The van der Waals surface area contributed by atoms with Gasteiger partial charge in [0.1, 0.15) is 17.1 Å². The first-order valence-corrected chi connectivity index (χ1v) is 10.9. The molecular formula is C26H22F6O6. The Hall–Kier alpha value is -3.96. The van der Waals surface area contributed by atoms with E-state index in [9.17, 15) is 35.9 Å². The summed E-state index contributed by atoms with van der Waals surface area (Å²) in [6, 6.07) is 9.91. The van der Waals surface area contributed by atoms with E-state index in [1.807, 2.05) is 0 Å². The highest BCUT2D eigenvalue weighted by Gasteiger charge is 2.72. The van der Waals surface area contributed by atoms with E-state index in [2.05, 4.69) is 16.1 Å². The molecule has 0 bridgehead atoms. The molecule has 0 radical (unpaired) electrons. The average Bonchev–Trinajstić information content (AvgIpc) is 2.85. The van der Waals surface area contributed by atoms with Gasteiger partial charge in [-0.2, -0.15) is 26.3 Å². The molecule has 0 unspecified atom stereocenters. The van der Waals surface area contributed by atoms with Gasteiger partial charge >= 0.3 is 29.4 Å². The SMILES string of the molecule is C=C(C)C(=O)OCC(F)(F)C(F)(F)C(F)(F)COc1ccc2cc(-c3ccc(OC)cc3C)c(=O)oc2c1. The minimum atomic E-state index is -5.94. The molecule has 0 saturated heterocycles. The van der Waals surface area contributed by atoms with E-state index in [0.29, 0.717) is 22.3 Å². The van der Waals surface area contributed by atoms with Crippen LogP contribution in [-0.4, -0.2) is 44.1 Å². The highest BCUT2D eigenvalue weighted by molar-refractivity contribution is 5.87. The van der Waals surface area contributed by atoms with Crippen LogP contribution in [-0.2, 0) is 9.53 Å². The quantitative estimate of drug-likeness (QED) is 0.131. The summed E-state index contributed by atoms with van der Waals surface area (Å²) in [7, 11) is 1.49. The number of methoxy groups -OCH3 is 1. The minimum absolute atomic E-state index is 0.116. The molecule has 0 N–H and O–H groups in total. The van der Waals surface area contributed by atoms with Gasteiger partial charge in [0.05, 0.1) is 12.7 Å². The zero-order valence-corrected chi connectivity index (χ0v) is 20.4. The Morgan fingerprint density at radius 3 is 2.16 bits per heavy atom. The van der Waals surface area contributed by atoms with Gasteiger partial charge in [0.25, 0.3) is 0 Å². The standard InChI is InChI=1S/C26H22F6O6/c1-14(2)22(33)37-13-25(29,30)26(31,32)24(27,28)12-36-18-6-5-16-10-20(23(34)38-21(16)11-18)19-8-7-17(35-4)9-15(19)3/h5-11H,1,12-13H2,2-4H3. The zero-order chi connectivity index (χ0) is 28.5. The summed E-state index contributed by atoms with van der Waals surface area (Å²) in [5.41, 5.74) is 0.197. The lowest BCUT2D eigenvalue weighted by molar-refractivity contribution is -0.322. The number of hydrogen-bond donors (Lipinski definition) is 0. The molecule has 0 aliphatic rings. The normalized spacial score (nSPS) is 12.3. The lowest BCUT2D eigenvalue weighted by Gasteiger charge is -2.32. The first kappa shape index (κ1) is 28.6. The van der Waals surface area contributed by atoms with Crippen molar-refractivity contribution in [2.24, 2.45) is 0 Å². The summed E-state index contributed by atoms with van der Waals surface area (Å²) in [6.07, 6.45) is 0. The van der Waals surface area contributed by atoms with E-state index < -0.39 is 48.3 Å². The van der Waals surface area contributed by atoms with E-state index in [-0.39, 0.29) is 16.7 Å². The average molecular weight is 544 g/mol. The van der Waals surface area contributed by atoms with E-state index in [4.69, 9.17) is 9.15 Å². The molecule has 3 rings (SSSR count). The molecule has 2 aromatic carbocycles. The number of hydrogen-bond acceptors (Lipinski definition) is 6. The first-order chi connectivity index (χ1) is 17.6. The monoisotopic (exact) mass is 544 g/mol. The van der Waals surface area contributed by atoms with Gasteiger partial charge in [-0.25, -0.2) is 9.59 Å². The van der Waals surface area contributed by atoms with Crippen molar-refractivity contribution in [3.8, 4) is 22.6 Å². The number of aryl methyl sites for hydroxylation is 1. The maximum absolute atomic E-state index is 14.2. The van der Waals surface area contributed by atoms with Crippen LogP contribution < -0.4 is 15.1 Å². The molecule has 6 nitrogen and oxygen atoms in total. The van der Waals surface area contributed by atoms with Crippen LogP contribution >= 0.6 is 0 Å². The van der Waals surface area contributed by atoms with Crippen molar-refractivity contribution >= 4 is 16.9 Å². The fraction of sp³-hybridized carbons (Fsp3) is 0.308. The Morgan fingerprint density at radius 1 is 0.921 bits per heavy atom. The van der Waals surface area contributed by atoms with Crippen LogP contribution in [0.2, 0.25) is 0 Å². The zero-order valence-electron chi connectivity index (χ0n) is 20.4. The molecule has 1 heterocycles. The first-order valence-electron chi connectivity index (χ1n) is 10.9. The van der Waals surface area contributed by atoms with Gasteiger partial charge in [0.15, 0.2) is 13.2 Å². The van der Waals surface area contributed by atoms with Crippen molar-refractivity contribution in [2.45, 2.75) is 31.6 Å². The fourth-order valence-electron chi connectivity index (χ4n) is 3.34. The summed E-state index contributed by atoms with van der Waals surface area (Å²) in [4.78, 5) is 23.8. The van der Waals surface area contributed by atoms with Gasteiger partial charge in [0, 0.05) is 17.0 Å². The molecule has 0 fully saturated rings. The van der Waals surface area contributed by atoms with Crippen molar-refractivity contribution in [3.05, 3.63) is 70.6 Å². The maximum atomic E-state index is 14.2. The van der Waals surface area contributed by atoms with Gasteiger partial charge in [-0.15, -0.1) is 0 Å². The van der Waals surface area contributed by atoms with Crippen LogP contribution in [0.4, 0.5) is 26.3 Å². The summed E-state index contributed by atoms with van der Waals surface area (Å²) in [6.45, 7) is 1.45. The predicted molar refractivity (Wildman–Crippen MR) is 125 cm³/mol. The van der Waals surface area contributed by atoms with Gasteiger partial charge in [0.2, 0.25) is 0 Å². The molecule has 12 heteroatoms. The molecule has 0 atom stereocenters. The predicted octanol–water partition coefficient (Wildman–Crippen LogP) is 6.18. The molecule has 38 heavy (non-hydrogen) atoms. The maximum Gasteiger partial charge on any atom is 0.378 e. The third-order valence-corrected chi connectivity index (χ3v) is 5.50. The summed E-state index contributed by atoms with van der Waals surface area (Å²) < 4.78 is 103. The van der Waals surface area contributed by atoms with Crippen molar-refractivity contribution in [2.75, 3.05) is 20.3 Å². The summed E-state index contributed by atoms with van der Waals surface area (Å²) >= 11 is 0. The Kier molecular flexibility index (Phi) is 7.85. The number of alkyl halides is 6. The van der Waals surface area contributed by atoms with E-state index in [1.54, 1.807) is 25.1 Å². The van der Waals surface area contributed by atoms with Gasteiger partial charge in [-0.3, -0.25) is 0 Å². The smallest absolute Gasteiger partial charge is 0.378 e. The second-order valence-corrected chi connectivity index (χ2v) is 8.46. The molecule has 1 aromatic heterocycles. The van der Waals surface area contributed by atoms with E-state index >= 15 is 0 Å². The number of fused-ring (bicyclic) bond motifs is 1. The highest BCUT2D eigenvalue weighted by Crippen LogP contribution is 2.46. The third-order valence-electron chi connectivity index (χ3n) is 5.50. The lowest BCUT2D eigenvalue weighted by Crippen LogP contribution is -2.58. The van der Waals surface area contributed by atoms with Crippen molar-refractivity contribution in [3.63, 3.8) is 0 Å². The molecule has 0 saturated carbocycles. The molecule has 3 aromatic rings. The van der Waals surface area contributed by atoms with Crippen LogP contribution in [0.25, 0.3) is 22.1 Å².